The molecule has 1 saturated carbocycles. The minimum absolute atomic E-state index is 0.0534. The van der Waals surface area contributed by atoms with Crippen molar-refractivity contribution in [2.45, 2.75) is 32.4 Å². The Hall–Kier alpha value is -2.65. The van der Waals surface area contributed by atoms with Gasteiger partial charge in [-0.25, -0.2) is 4.68 Å². The fourth-order valence-electron chi connectivity index (χ4n) is 2.98. The Morgan fingerprint density at radius 1 is 1.31 bits per heavy atom. The zero-order valence-electron chi connectivity index (χ0n) is 14.9. The highest BCUT2D eigenvalue weighted by atomic mass is 16.5. The summed E-state index contributed by atoms with van der Waals surface area (Å²) in [7, 11) is 0. The standard InChI is InChI=1S/C20H22N4O2/c1-15(25)23-10-11-26-19(12-23)13-24-14-20(21-22-24)18-8-6-17(7-9-18)5-4-16-2-3-16/h6-9,14,16,19H,2-3,10-13H2,1H3. The number of benzene rings is 1. The molecule has 26 heavy (non-hydrogen) atoms. The number of aromatic nitrogens is 3. The summed E-state index contributed by atoms with van der Waals surface area (Å²) in [5, 5.41) is 8.46. The van der Waals surface area contributed by atoms with E-state index in [1.54, 1.807) is 11.6 Å². The highest BCUT2D eigenvalue weighted by molar-refractivity contribution is 5.73. The third-order valence-electron chi connectivity index (χ3n) is 4.69. The molecule has 4 rings (SSSR count). The molecule has 134 valence electrons. The van der Waals surface area contributed by atoms with Crippen LogP contribution in [-0.2, 0) is 16.1 Å². The van der Waals surface area contributed by atoms with E-state index in [-0.39, 0.29) is 12.0 Å². The van der Waals surface area contributed by atoms with Crippen LogP contribution in [0.1, 0.15) is 25.3 Å². The third-order valence-corrected chi connectivity index (χ3v) is 4.69. The van der Waals surface area contributed by atoms with Crippen molar-refractivity contribution in [3.8, 4) is 23.1 Å². The second-order valence-corrected chi connectivity index (χ2v) is 6.90. The van der Waals surface area contributed by atoms with Crippen LogP contribution in [0.5, 0.6) is 0 Å². The molecular formula is C20H22N4O2. The Morgan fingerprint density at radius 2 is 2.12 bits per heavy atom. The van der Waals surface area contributed by atoms with Crippen molar-refractivity contribution in [2.75, 3.05) is 19.7 Å². The van der Waals surface area contributed by atoms with Gasteiger partial charge in [0.1, 0.15) is 5.69 Å². The molecule has 1 aromatic carbocycles. The van der Waals surface area contributed by atoms with Gasteiger partial charge in [0.15, 0.2) is 0 Å². The summed E-state index contributed by atoms with van der Waals surface area (Å²) < 4.78 is 7.53. The average Bonchev–Trinajstić information content (AvgIpc) is 3.38. The minimum atomic E-state index is -0.0534. The average molecular weight is 350 g/mol. The van der Waals surface area contributed by atoms with Gasteiger partial charge >= 0.3 is 0 Å². The normalized spacial score (nSPS) is 19.7. The van der Waals surface area contributed by atoms with Crippen molar-refractivity contribution in [2.24, 2.45) is 5.92 Å². The van der Waals surface area contributed by atoms with E-state index in [0.717, 1.165) is 16.8 Å². The first-order valence-corrected chi connectivity index (χ1v) is 9.06. The van der Waals surface area contributed by atoms with Gasteiger partial charge in [0.2, 0.25) is 5.91 Å². The second-order valence-electron chi connectivity index (χ2n) is 6.90. The molecule has 6 nitrogen and oxygen atoms in total. The summed E-state index contributed by atoms with van der Waals surface area (Å²) >= 11 is 0. The fourth-order valence-corrected chi connectivity index (χ4v) is 2.98. The first-order valence-electron chi connectivity index (χ1n) is 9.06. The Kier molecular flexibility index (Phi) is 4.72. The zero-order valence-corrected chi connectivity index (χ0v) is 14.9. The molecule has 2 aliphatic rings. The molecule has 1 unspecified atom stereocenters. The first-order chi connectivity index (χ1) is 12.7. The second kappa shape index (κ2) is 7.30. The topological polar surface area (TPSA) is 60.2 Å². The maximum absolute atomic E-state index is 11.5. The number of amides is 1. The van der Waals surface area contributed by atoms with E-state index >= 15 is 0 Å². The van der Waals surface area contributed by atoms with Crippen molar-refractivity contribution in [1.82, 2.24) is 19.9 Å². The van der Waals surface area contributed by atoms with Crippen LogP contribution in [-0.4, -0.2) is 51.6 Å². The zero-order chi connectivity index (χ0) is 17.9. The molecule has 1 atom stereocenters. The summed E-state index contributed by atoms with van der Waals surface area (Å²) in [5.41, 5.74) is 2.88. The Bertz CT molecular complexity index is 843. The van der Waals surface area contributed by atoms with Crippen LogP contribution < -0.4 is 0 Å². The summed E-state index contributed by atoms with van der Waals surface area (Å²) in [6, 6.07) is 8.11. The van der Waals surface area contributed by atoms with Crippen LogP contribution in [0, 0.1) is 17.8 Å². The van der Waals surface area contributed by atoms with Crippen molar-refractivity contribution in [3.63, 3.8) is 0 Å². The van der Waals surface area contributed by atoms with E-state index in [4.69, 9.17) is 4.74 Å². The number of hydrogen-bond acceptors (Lipinski definition) is 4. The highest BCUT2D eigenvalue weighted by Crippen LogP contribution is 2.27. The number of morpholine rings is 1. The number of ether oxygens (including phenoxy) is 1. The van der Waals surface area contributed by atoms with Gasteiger partial charge in [-0.05, 0) is 25.0 Å². The van der Waals surface area contributed by atoms with Crippen LogP contribution >= 0.6 is 0 Å². The van der Waals surface area contributed by atoms with Gasteiger partial charge in [0.25, 0.3) is 0 Å². The van der Waals surface area contributed by atoms with Crippen molar-refractivity contribution in [1.29, 1.82) is 0 Å². The number of nitrogens with zero attached hydrogens (tertiary/aromatic N) is 4. The SMILES string of the molecule is CC(=O)N1CCOC(Cn2cc(-c3ccc(C#CC4CC4)cc3)nn2)C1. The largest absolute Gasteiger partial charge is 0.373 e. The van der Waals surface area contributed by atoms with Crippen LogP contribution in [0.3, 0.4) is 0 Å². The van der Waals surface area contributed by atoms with E-state index in [9.17, 15) is 4.79 Å². The van der Waals surface area contributed by atoms with Gasteiger partial charge < -0.3 is 9.64 Å². The molecule has 0 spiro atoms. The van der Waals surface area contributed by atoms with E-state index in [1.807, 2.05) is 35.4 Å². The predicted molar refractivity (Wildman–Crippen MR) is 97.1 cm³/mol. The summed E-state index contributed by atoms with van der Waals surface area (Å²) in [6.45, 7) is 3.99. The van der Waals surface area contributed by atoms with Crippen molar-refractivity contribution < 1.29 is 9.53 Å². The first kappa shape index (κ1) is 16.8. The molecule has 0 radical (unpaired) electrons. The molecule has 0 bridgehead atoms. The molecule has 2 fully saturated rings. The van der Waals surface area contributed by atoms with Gasteiger partial charge in [0.05, 0.1) is 25.5 Å². The van der Waals surface area contributed by atoms with E-state index in [1.165, 1.54) is 12.8 Å². The lowest BCUT2D eigenvalue weighted by Crippen LogP contribution is -2.46. The smallest absolute Gasteiger partial charge is 0.219 e. The van der Waals surface area contributed by atoms with Crippen molar-refractivity contribution in [3.05, 3.63) is 36.0 Å². The molecule has 1 saturated heterocycles. The lowest BCUT2D eigenvalue weighted by atomic mass is 10.1. The quantitative estimate of drug-likeness (QED) is 0.794. The van der Waals surface area contributed by atoms with Gasteiger partial charge in [-0.1, -0.05) is 29.2 Å². The van der Waals surface area contributed by atoms with Gasteiger partial charge in [-0.2, -0.15) is 0 Å². The molecule has 2 heterocycles. The maximum atomic E-state index is 11.5. The molecule has 1 amide bonds. The predicted octanol–water partition coefficient (Wildman–Crippen LogP) is 1.95. The van der Waals surface area contributed by atoms with E-state index in [0.29, 0.717) is 32.2 Å². The van der Waals surface area contributed by atoms with E-state index in [2.05, 4.69) is 22.2 Å². The summed E-state index contributed by atoms with van der Waals surface area (Å²) in [6.07, 6.45) is 4.34. The van der Waals surface area contributed by atoms with Crippen LogP contribution in [0.4, 0.5) is 0 Å². The van der Waals surface area contributed by atoms with Gasteiger partial charge in [0, 0.05) is 37.1 Å². The lowest BCUT2D eigenvalue weighted by molar-refractivity contribution is -0.136. The van der Waals surface area contributed by atoms with Gasteiger partial charge in [-0.3, -0.25) is 4.79 Å². The Morgan fingerprint density at radius 3 is 2.85 bits per heavy atom. The molecule has 6 heteroatoms. The minimum Gasteiger partial charge on any atom is -0.373 e. The molecular weight excluding hydrogens is 328 g/mol. The summed E-state index contributed by atoms with van der Waals surface area (Å²) in [4.78, 5) is 13.3. The van der Waals surface area contributed by atoms with Crippen LogP contribution in [0.2, 0.25) is 0 Å². The molecule has 1 aromatic heterocycles. The van der Waals surface area contributed by atoms with Crippen LogP contribution in [0.25, 0.3) is 11.3 Å². The Balaban J connectivity index is 1.39. The lowest BCUT2D eigenvalue weighted by Gasteiger charge is -2.32. The molecule has 2 aromatic rings. The third kappa shape index (κ3) is 4.12. The maximum Gasteiger partial charge on any atom is 0.219 e. The highest BCUT2D eigenvalue weighted by Gasteiger charge is 2.23. The summed E-state index contributed by atoms with van der Waals surface area (Å²) in [5.74, 6) is 7.18. The van der Waals surface area contributed by atoms with Gasteiger partial charge in [-0.15, -0.1) is 5.10 Å². The fraction of sp³-hybridized carbons (Fsp3) is 0.450. The Labute approximate surface area is 153 Å². The molecule has 1 aliphatic heterocycles. The van der Waals surface area contributed by atoms with E-state index < -0.39 is 0 Å². The number of rotatable bonds is 3. The molecule has 1 aliphatic carbocycles. The monoisotopic (exact) mass is 350 g/mol. The van der Waals surface area contributed by atoms with Crippen molar-refractivity contribution >= 4 is 5.91 Å². The molecule has 0 N–H and O–H groups in total. The van der Waals surface area contributed by atoms with Crippen LogP contribution in [0.15, 0.2) is 30.5 Å². The number of hydrogen-bond donors (Lipinski definition) is 0. The number of carbonyl (C=O) groups excluding carboxylic acids is 1. The number of carbonyl (C=O) groups is 1.